The summed E-state index contributed by atoms with van der Waals surface area (Å²) in [6.45, 7) is 9.92. The molecule has 0 radical (unpaired) electrons. The lowest BCUT2D eigenvalue weighted by Gasteiger charge is -2.38. The minimum absolute atomic E-state index is 0.619. The summed E-state index contributed by atoms with van der Waals surface area (Å²) in [6, 6.07) is 0. The molecule has 0 spiro atoms. The smallest absolute Gasteiger partial charge is 0.0297 e. The molecule has 0 aromatic rings. The first-order chi connectivity index (χ1) is 8.07. The monoisotopic (exact) mass is 236 g/mol. The highest BCUT2D eigenvalue weighted by Gasteiger charge is 2.42. The van der Waals surface area contributed by atoms with Crippen molar-refractivity contribution in [1.82, 2.24) is 0 Å². The lowest BCUT2D eigenvalue weighted by Crippen LogP contribution is -2.30. The van der Waals surface area contributed by atoms with E-state index in [1.54, 1.807) is 0 Å². The second-order valence-corrected chi connectivity index (χ2v) is 7.39. The maximum Gasteiger partial charge on any atom is -0.0297 e. The number of hydrogen-bond donors (Lipinski definition) is 0. The van der Waals surface area contributed by atoms with Crippen LogP contribution >= 0.6 is 0 Å². The lowest BCUT2D eigenvalue weighted by atomic mass is 9.67. The van der Waals surface area contributed by atoms with Crippen molar-refractivity contribution in [1.29, 1.82) is 0 Å². The Bertz CT molecular complexity index is 216. The molecule has 100 valence electrons. The van der Waals surface area contributed by atoms with E-state index in [2.05, 4.69) is 27.7 Å². The second kappa shape index (κ2) is 5.33. The second-order valence-electron chi connectivity index (χ2n) is 7.39. The number of hydrogen-bond acceptors (Lipinski definition) is 0. The van der Waals surface area contributed by atoms with E-state index < -0.39 is 0 Å². The zero-order valence-electron chi connectivity index (χ0n) is 12.5. The normalized spacial score (nSPS) is 38.8. The third-order valence-electron chi connectivity index (χ3n) is 6.34. The zero-order valence-corrected chi connectivity index (χ0v) is 12.5. The van der Waals surface area contributed by atoms with Gasteiger partial charge in [-0.1, -0.05) is 53.4 Å². The van der Waals surface area contributed by atoms with E-state index in [4.69, 9.17) is 0 Å². The van der Waals surface area contributed by atoms with E-state index in [1.807, 2.05) is 0 Å². The molecule has 2 rings (SSSR count). The van der Waals surface area contributed by atoms with Crippen LogP contribution in [-0.2, 0) is 0 Å². The molecule has 2 saturated carbocycles. The molecule has 2 aliphatic rings. The van der Waals surface area contributed by atoms with Gasteiger partial charge in [0.15, 0.2) is 0 Å². The van der Waals surface area contributed by atoms with Crippen molar-refractivity contribution in [3.05, 3.63) is 0 Å². The molecule has 4 atom stereocenters. The van der Waals surface area contributed by atoms with Crippen LogP contribution in [0, 0.1) is 29.1 Å². The summed E-state index contributed by atoms with van der Waals surface area (Å²) in [6.07, 6.45) is 11.9. The minimum Gasteiger partial charge on any atom is -0.0651 e. The Kier molecular flexibility index (Phi) is 4.21. The Labute approximate surface area is 109 Å². The summed E-state index contributed by atoms with van der Waals surface area (Å²) >= 11 is 0. The van der Waals surface area contributed by atoms with Crippen molar-refractivity contribution >= 4 is 0 Å². The van der Waals surface area contributed by atoms with E-state index in [9.17, 15) is 0 Å². The van der Waals surface area contributed by atoms with Crippen LogP contribution in [-0.4, -0.2) is 0 Å². The van der Waals surface area contributed by atoms with E-state index in [0.29, 0.717) is 5.41 Å². The maximum atomic E-state index is 2.58. The predicted molar refractivity (Wildman–Crippen MR) is 76.0 cm³/mol. The van der Waals surface area contributed by atoms with Gasteiger partial charge in [-0.15, -0.1) is 0 Å². The molecule has 0 aromatic heterocycles. The molecular formula is C17H32. The summed E-state index contributed by atoms with van der Waals surface area (Å²) in [5.41, 5.74) is 0.619. The highest BCUT2D eigenvalue weighted by atomic mass is 14.5. The minimum atomic E-state index is 0.619. The van der Waals surface area contributed by atoms with Crippen molar-refractivity contribution < 1.29 is 0 Å². The summed E-state index contributed by atoms with van der Waals surface area (Å²) < 4.78 is 0. The quantitative estimate of drug-likeness (QED) is 0.590. The van der Waals surface area contributed by atoms with E-state index in [-0.39, 0.29) is 0 Å². The number of rotatable bonds is 4. The first kappa shape index (κ1) is 13.4. The Morgan fingerprint density at radius 2 is 1.18 bits per heavy atom. The van der Waals surface area contributed by atoms with E-state index in [0.717, 1.165) is 23.7 Å². The Morgan fingerprint density at radius 1 is 0.765 bits per heavy atom. The fraction of sp³-hybridized carbons (Fsp3) is 1.00. The van der Waals surface area contributed by atoms with E-state index in [1.165, 1.54) is 51.4 Å². The first-order valence-corrected chi connectivity index (χ1v) is 8.07. The topological polar surface area (TPSA) is 0 Å². The molecule has 0 saturated heterocycles. The van der Waals surface area contributed by atoms with Gasteiger partial charge in [0.1, 0.15) is 0 Å². The molecule has 2 fully saturated rings. The third kappa shape index (κ3) is 2.71. The van der Waals surface area contributed by atoms with Gasteiger partial charge in [0.05, 0.1) is 0 Å². The van der Waals surface area contributed by atoms with Crippen LogP contribution in [0.25, 0.3) is 0 Å². The van der Waals surface area contributed by atoms with Crippen molar-refractivity contribution in [2.75, 3.05) is 0 Å². The highest BCUT2D eigenvalue weighted by molar-refractivity contribution is 4.93. The predicted octanol–water partition coefficient (Wildman–Crippen LogP) is 5.67. The van der Waals surface area contributed by atoms with Gasteiger partial charge in [-0.2, -0.15) is 0 Å². The molecule has 17 heavy (non-hydrogen) atoms. The van der Waals surface area contributed by atoms with Gasteiger partial charge in [0.2, 0.25) is 0 Å². The largest absolute Gasteiger partial charge is 0.0651 e. The molecule has 0 aliphatic heterocycles. The summed E-state index contributed by atoms with van der Waals surface area (Å²) in [4.78, 5) is 0. The van der Waals surface area contributed by atoms with Gasteiger partial charge in [0.25, 0.3) is 0 Å². The Balaban J connectivity index is 1.94. The van der Waals surface area contributed by atoms with Crippen LogP contribution < -0.4 is 0 Å². The molecular weight excluding hydrogens is 204 g/mol. The van der Waals surface area contributed by atoms with Crippen LogP contribution in [0.2, 0.25) is 0 Å². The third-order valence-corrected chi connectivity index (χ3v) is 6.34. The van der Waals surface area contributed by atoms with Crippen molar-refractivity contribution in [3.8, 4) is 0 Å². The maximum absolute atomic E-state index is 2.58. The summed E-state index contributed by atoms with van der Waals surface area (Å²) in [5, 5.41) is 0. The average molecular weight is 236 g/mol. The van der Waals surface area contributed by atoms with Gasteiger partial charge in [-0.05, 0) is 54.8 Å². The van der Waals surface area contributed by atoms with Crippen LogP contribution in [0.1, 0.15) is 79.1 Å². The average Bonchev–Trinajstić information content (AvgIpc) is 2.98. The Hall–Kier alpha value is 0. The van der Waals surface area contributed by atoms with Gasteiger partial charge in [-0.3, -0.25) is 0 Å². The first-order valence-electron chi connectivity index (χ1n) is 8.07. The fourth-order valence-electron chi connectivity index (χ4n) is 4.58. The van der Waals surface area contributed by atoms with Crippen LogP contribution in [0.3, 0.4) is 0 Å². The van der Waals surface area contributed by atoms with Gasteiger partial charge >= 0.3 is 0 Å². The molecule has 0 amide bonds. The molecule has 4 unspecified atom stereocenters. The molecule has 0 heterocycles. The van der Waals surface area contributed by atoms with Crippen LogP contribution in [0.5, 0.6) is 0 Å². The highest BCUT2D eigenvalue weighted by Crippen LogP contribution is 2.52. The fourth-order valence-corrected chi connectivity index (χ4v) is 4.58. The summed E-state index contributed by atoms with van der Waals surface area (Å²) in [7, 11) is 0. The molecule has 0 N–H and O–H groups in total. The van der Waals surface area contributed by atoms with Crippen LogP contribution in [0.4, 0.5) is 0 Å². The summed E-state index contributed by atoms with van der Waals surface area (Å²) in [5.74, 6) is 4.13. The zero-order chi connectivity index (χ0) is 12.5. The SMILES string of the molecule is CCC1CCC(C(C)(C)C2CCC(CC)C2)C1. The van der Waals surface area contributed by atoms with Crippen molar-refractivity contribution in [3.63, 3.8) is 0 Å². The molecule has 0 bridgehead atoms. The van der Waals surface area contributed by atoms with E-state index >= 15 is 0 Å². The van der Waals surface area contributed by atoms with Gasteiger partial charge in [-0.25, -0.2) is 0 Å². The molecule has 0 aromatic carbocycles. The lowest BCUT2D eigenvalue weighted by molar-refractivity contribution is 0.114. The van der Waals surface area contributed by atoms with Gasteiger partial charge in [0, 0.05) is 0 Å². The molecule has 0 nitrogen and oxygen atoms in total. The van der Waals surface area contributed by atoms with Crippen molar-refractivity contribution in [2.45, 2.75) is 79.1 Å². The van der Waals surface area contributed by atoms with Gasteiger partial charge < -0.3 is 0 Å². The Morgan fingerprint density at radius 3 is 1.47 bits per heavy atom. The van der Waals surface area contributed by atoms with Crippen LogP contribution in [0.15, 0.2) is 0 Å². The molecule has 2 aliphatic carbocycles. The van der Waals surface area contributed by atoms with Crippen molar-refractivity contribution in [2.24, 2.45) is 29.1 Å². The standard InChI is InChI=1S/C17H32/c1-5-13-7-9-15(11-13)17(3,4)16-10-8-14(6-2)12-16/h13-16H,5-12H2,1-4H3. The molecule has 0 heteroatoms.